The molecule has 0 aromatic carbocycles. The van der Waals surface area contributed by atoms with Crippen LogP contribution in [0.4, 0.5) is 4.79 Å². The Morgan fingerprint density at radius 1 is 1.60 bits per heavy atom. The molecule has 0 aromatic heterocycles. The van der Waals surface area contributed by atoms with Gasteiger partial charge in [-0.3, -0.25) is 4.90 Å². The summed E-state index contributed by atoms with van der Waals surface area (Å²) in [5, 5.41) is 0. The summed E-state index contributed by atoms with van der Waals surface area (Å²) in [6.07, 6.45) is -0.315. The first-order valence-corrected chi connectivity index (χ1v) is 5.66. The molecule has 0 atom stereocenters. The van der Waals surface area contributed by atoms with E-state index in [2.05, 4.69) is 17.6 Å². The average Bonchev–Trinajstić information content (AvgIpc) is 2.17. The van der Waals surface area contributed by atoms with Crippen molar-refractivity contribution in [2.45, 2.75) is 33.7 Å². The molecule has 0 saturated heterocycles. The highest BCUT2D eigenvalue weighted by molar-refractivity contribution is 7.80. The summed E-state index contributed by atoms with van der Waals surface area (Å²) in [6.45, 7) is 8.16. The molecule has 86 valence electrons. The average molecular weight is 230 g/mol. The van der Waals surface area contributed by atoms with E-state index >= 15 is 0 Å². The topological polar surface area (TPSA) is 41.9 Å². The molecule has 0 spiro atoms. The van der Waals surface area contributed by atoms with Crippen LogP contribution >= 0.6 is 12.6 Å². The molecule has 0 N–H and O–H groups in total. The molecular formula is C10H18N2O2S. The van der Waals surface area contributed by atoms with E-state index in [1.807, 2.05) is 27.7 Å². The molecule has 0 aliphatic carbocycles. The predicted octanol–water partition coefficient (Wildman–Crippen LogP) is 2.16. The number of amides is 1. The molecule has 15 heavy (non-hydrogen) atoms. The number of ether oxygens (including phenoxy) is 1. The number of rotatable bonds is 3. The first kappa shape index (κ1) is 12.4. The van der Waals surface area contributed by atoms with Gasteiger partial charge in [-0.1, -0.05) is 13.8 Å². The van der Waals surface area contributed by atoms with Gasteiger partial charge in [-0.2, -0.15) is 12.6 Å². The number of carbonyl (C=O) groups is 1. The van der Waals surface area contributed by atoms with Crippen LogP contribution in [0.25, 0.3) is 0 Å². The zero-order chi connectivity index (χ0) is 11.6. The number of hydrogen-bond donors (Lipinski definition) is 1. The highest BCUT2D eigenvalue weighted by Gasteiger charge is 2.33. The molecule has 0 fully saturated rings. The maximum absolute atomic E-state index is 11.6. The van der Waals surface area contributed by atoms with Crippen LogP contribution in [0.1, 0.15) is 27.7 Å². The summed E-state index contributed by atoms with van der Waals surface area (Å²) in [5.41, 5.74) is -0.290. The number of cyclic esters (lactones) is 1. The first-order chi connectivity index (χ1) is 6.88. The molecule has 0 aromatic rings. The minimum atomic E-state index is -0.315. The lowest BCUT2D eigenvalue weighted by molar-refractivity contribution is 0.120. The number of carbonyl (C=O) groups excluding carboxylic acids is 1. The van der Waals surface area contributed by atoms with Gasteiger partial charge in [0.1, 0.15) is 6.67 Å². The fraction of sp³-hybridized carbons (Fsp3) is 0.800. The lowest BCUT2D eigenvalue weighted by Gasteiger charge is -2.32. The van der Waals surface area contributed by atoms with Gasteiger partial charge in [0.25, 0.3) is 0 Å². The van der Waals surface area contributed by atoms with Gasteiger partial charge >= 0.3 is 6.09 Å². The standard InChI is InChI=1S/C10H18N2O2S/c1-7(2)12-6-11-8(14-9(12)13)10(3,4)5-15/h7,15H,5-6H2,1-4H3. The quantitative estimate of drug-likeness (QED) is 0.755. The second kappa shape index (κ2) is 4.43. The summed E-state index contributed by atoms with van der Waals surface area (Å²) in [6, 6.07) is 0.113. The van der Waals surface area contributed by atoms with Gasteiger partial charge in [0.2, 0.25) is 5.90 Å². The Hall–Kier alpha value is -0.710. The molecule has 1 aliphatic rings. The number of aliphatic imine (C=N–C) groups is 1. The molecule has 0 saturated carbocycles. The smallest absolute Gasteiger partial charge is 0.395 e. The molecule has 0 radical (unpaired) electrons. The second-order valence-electron chi connectivity index (χ2n) is 4.58. The zero-order valence-corrected chi connectivity index (χ0v) is 10.5. The number of thiol groups is 1. The van der Waals surface area contributed by atoms with Gasteiger partial charge in [0.05, 0.1) is 0 Å². The number of hydrogen-bond acceptors (Lipinski definition) is 4. The Morgan fingerprint density at radius 2 is 2.20 bits per heavy atom. The van der Waals surface area contributed by atoms with Gasteiger partial charge in [-0.05, 0) is 13.8 Å². The van der Waals surface area contributed by atoms with Crippen molar-refractivity contribution in [2.24, 2.45) is 10.4 Å². The Morgan fingerprint density at radius 3 is 2.60 bits per heavy atom. The van der Waals surface area contributed by atoms with Gasteiger partial charge in [-0.15, -0.1) is 0 Å². The lowest BCUT2D eigenvalue weighted by atomic mass is 9.96. The predicted molar refractivity (Wildman–Crippen MR) is 63.4 cm³/mol. The van der Waals surface area contributed by atoms with Gasteiger partial charge in [0.15, 0.2) is 0 Å². The summed E-state index contributed by atoms with van der Waals surface area (Å²) in [4.78, 5) is 17.5. The summed E-state index contributed by atoms with van der Waals surface area (Å²) in [7, 11) is 0. The van der Waals surface area contributed by atoms with E-state index in [9.17, 15) is 4.79 Å². The highest BCUT2D eigenvalue weighted by Crippen LogP contribution is 2.23. The van der Waals surface area contributed by atoms with Gasteiger partial charge < -0.3 is 4.74 Å². The number of nitrogens with zero attached hydrogens (tertiary/aromatic N) is 2. The van der Waals surface area contributed by atoms with Crippen LogP contribution in [-0.4, -0.2) is 35.4 Å². The monoisotopic (exact) mass is 230 g/mol. The highest BCUT2D eigenvalue weighted by atomic mass is 32.1. The molecular weight excluding hydrogens is 212 g/mol. The normalized spacial score (nSPS) is 17.9. The molecule has 4 nitrogen and oxygen atoms in total. The maximum atomic E-state index is 11.6. The third-order valence-corrected chi connectivity index (χ3v) is 3.17. The zero-order valence-electron chi connectivity index (χ0n) is 9.65. The lowest BCUT2D eigenvalue weighted by Crippen LogP contribution is -2.45. The van der Waals surface area contributed by atoms with Crippen LogP contribution in [0.2, 0.25) is 0 Å². The van der Waals surface area contributed by atoms with Crippen molar-refractivity contribution in [1.82, 2.24) is 4.90 Å². The Balaban J connectivity index is 2.80. The van der Waals surface area contributed by atoms with Crippen molar-refractivity contribution in [3.05, 3.63) is 0 Å². The maximum Gasteiger partial charge on any atom is 0.418 e. The third-order valence-electron chi connectivity index (χ3n) is 2.38. The van der Waals surface area contributed by atoms with Gasteiger partial charge in [0, 0.05) is 17.2 Å². The molecule has 1 aliphatic heterocycles. The third kappa shape index (κ3) is 2.65. The molecule has 0 unspecified atom stereocenters. The van der Waals surface area contributed by atoms with Crippen molar-refractivity contribution in [3.8, 4) is 0 Å². The fourth-order valence-electron chi connectivity index (χ4n) is 1.17. The minimum Gasteiger partial charge on any atom is -0.395 e. The van der Waals surface area contributed by atoms with Gasteiger partial charge in [-0.25, -0.2) is 9.79 Å². The van der Waals surface area contributed by atoms with E-state index in [-0.39, 0.29) is 17.6 Å². The second-order valence-corrected chi connectivity index (χ2v) is 4.89. The fourth-order valence-corrected chi connectivity index (χ4v) is 1.30. The van der Waals surface area contributed by atoms with Crippen molar-refractivity contribution >= 4 is 24.6 Å². The van der Waals surface area contributed by atoms with Crippen molar-refractivity contribution in [3.63, 3.8) is 0 Å². The molecule has 1 amide bonds. The molecule has 1 rings (SSSR count). The van der Waals surface area contributed by atoms with E-state index in [1.165, 1.54) is 0 Å². The Kier molecular flexibility index (Phi) is 3.65. The van der Waals surface area contributed by atoms with Crippen LogP contribution in [0.15, 0.2) is 4.99 Å². The molecule has 0 bridgehead atoms. The molecule has 1 heterocycles. The van der Waals surface area contributed by atoms with Crippen molar-refractivity contribution in [2.75, 3.05) is 12.4 Å². The van der Waals surface area contributed by atoms with Crippen molar-refractivity contribution < 1.29 is 9.53 Å². The van der Waals surface area contributed by atoms with Crippen LogP contribution in [0, 0.1) is 5.41 Å². The van der Waals surface area contributed by atoms with E-state index in [0.717, 1.165) is 0 Å². The Bertz CT molecular complexity index is 287. The SMILES string of the molecule is CC(C)N1CN=C(C(C)(C)CS)OC1=O. The van der Waals surface area contributed by atoms with E-state index < -0.39 is 0 Å². The van der Waals surface area contributed by atoms with Crippen LogP contribution in [0.5, 0.6) is 0 Å². The van der Waals surface area contributed by atoms with E-state index in [4.69, 9.17) is 4.74 Å². The van der Waals surface area contributed by atoms with Crippen molar-refractivity contribution in [1.29, 1.82) is 0 Å². The molecule has 5 heteroatoms. The summed E-state index contributed by atoms with van der Waals surface area (Å²) < 4.78 is 5.20. The van der Waals surface area contributed by atoms with E-state index in [0.29, 0.717) is 18.3 Å². The first-order valence-electron chi connectivity index (χ1n) is 5.02. The van der Waals surface area contributed by atoms with Crippen LogP contribution in [-0.2, 0) is 4.74 Å². The van der Waals surface area contributed by atoms with Crippen LogP contribution < -0.4 is 0 Å². The minimum absolute atomic E-state index is 0.113. The van der Waals surface area contributed by atoms with Crippen LogP contribution in [0.3, 0.4) is 0 Å². The summed E-state index contributed by atoms with van der Waals surface area (Å²) in [5.74, 6) is 1.08. The summed E-state index contributed by atoms with van der Waals surface area (Å²) >= 11 is 4.22. The Labute approximate surface area is 96.1 Å². The largest absolute Gasteiger partial charge is 0.418 e. The van der Waals surface area contributed by atoms with E-state index in [1.54, 1.807) is 4.90 Å².